The van der Waals surface area contributed by atoms with Crippen molar-refractivity contribution in [2.45, 2.75) is 39.0 Å². The molecule has 0 amide bonds. The Morgan fingerprint density at radius 2 is 1.87 bits per heavy atom. The molecule has 0 aliphatic heterocycles. The van der Waals surface area contributed by atoms with Crippen LogP contribution < -0.4 is 5.73 Å². The van der Waals surface area contributed by atoms with Crippen LogP contribution in [0, 0.1) is 0 Å². The fourth-order valence-corrected chi connectivity index (χ4v) is 1.72. The van der Waals surface area contributed by atoms with Crippen molar-refractivity contribution in [3.05, 3.63) is 42.1 Å². The molecule has 0 bridgehead atoms. The summed E-state index contributed by atoms with van der Waals surface area (Å²) in [6, 6.07) is 10.4. The minimum Gasteiger partial charge on any atom is -0.404 e. The maximum Gasteiger partial charge on any atom is -0.00237 e. The summed E-state index contributed by atoms with van der Waals surface area (Å²) in [4.78, 5) is 0. The molecular formula is C14H21N. The molecule has 0 saturated carbocycles. The van der Waals surface area contributed by atoms with Crippen molar-refractivity contribution >= 4 is 5.57 Å². The summed E-state index contributed by atoms with van der Waals surface area (Å²) in [6.45, 7) is 2.23. The van der Waals surface area contributed by atoms with Gasteiger partial charge in [0.05, 0.1) is 0 Å². The lowest BCUT2D eigenvalue weighted by molar-refractivity contribution is 0.678. The zero-order chi connectivity index (χ0) is 10.9. The summed E-state index contributed by atoms with van der Waals surface area (Å²) in [6.07, 6.45) is 8.01. The van der Waals surface area contributed by atoms with Crippen LogP contribution in [0.25, 0.3) is 5.57 Å². The SMILES string of the molecule is CCCCCCC(=CN)c1ccccc1. The Kier molecular flexibility index (Phi) is 5.60. The molecule has 0 aromatic heterocycles. The molecule has 1 nitrogen and oxygen atoms in total. The van der Waals surface area contributed by atoms with E-state index in [1.165, 1.54) is 36.8 Å². The van der Waals surface area contributed by atoms with Gasteiger partial charge in [0.15, 0.2) is 0 Å². The van der Waals surface area contributed by atoms with E-state index in [1.807, 2.05) is 6.07 Å². The Balaban J connectivity index is 2.44. The third kappa shape index (κ3) is 4.20. The van der Waals surface area contributed by atoms with Crippen LogP contribution in [0.2, 0.25) is 0 Å². The van der Waals surface area contributed by atoms with Crippen LogP contribution in [0.5, 0.6) is 0 Å². The van der Waals surface area contributed by atoms with Crippen LogP contribution in [-0.2, 0) is 0 Å². The van der Waals surface area contributed by atoms with E-state index in [0.29, 0.717) is 0 Å². The van der Waals surface area contributed by atoms with Gasteiger partial charge in [-0.05, 0) is 30.2 Å². The second-order valence-electron chi connectivity index (χ2n) is 3.87. The molecule has 1 rings (SSSR count). The van der Waals surface area contributed by atoms with E-state index in [4.69, 9.17) is 5.73 Å². The molecule has 0 radical (unpaired) electrons. The Labute approximate surface area is 93.0 Å². The number of rotatable bonds is 6. The highest BCUT2D eigenvalue weighted by atomic mass is 14.5. The van der Waals surface area contributed by atoms with Crippen molar-refractivity contribution in [3.8, 4) is 0 Å². The molecule has 15 heavy (non-hydrogen) atoms. The van der Waals surface area contributed by atoms with Gasteiger partial charge in [-0.1, -0.05) is 56.5 Å². The van der Waals surface area contributed by atoms with Crippen LogP contribution >= 0.6 is 0 Å². The molecule has 0 atom stereocenters. The van der Waals surface area contributed by atoms with E-state index in [1.54, 1.807) is 6.20 Å². The van der Waals surface area contributed by atoms with Crippen LogP contribution in [0.4, 0.5) is 0 Å². The van der Waals surface area contributed by atoms with Crippen LogP contribution in [-0.4, -0.2) is 0 Å². The molecule has 82 valence electrons. The predicted octanol–water partition coefficient (Wildman–Crippen LogP) is 3.96. The van der Waals surface area contributed by atoms with E-state index in [-0.39, 0.29) is 0 Å². The molecule has 0 aliphatic carbocycles. The smallest absolute Gasteiger partial charge is 0.00237 e. The lowest BCUT2D eigenvalue weighted by Crippen LogP contribution is -1.90. The number of allylic oxidation sites excluding steroid dienone is 1. The number of nitrogens with two attached hydrogens (primary N) is 1. The van der Waals surface area contributed by atoms with Gasteiger partial charge in [-0.25, -0.2) is 0 Å². The van der Waals surface area contributed by atoms with Crippen molar-refractivity contribution in [2.75, 3.05) is 0 Å². The highest BCUT2D eigenvalue weighted by Gasteiger charge is 1.99. The highest BCUT2D eigenvalue weighted by Crippen LogP contribution is 2.19. The lowest BCUT2D eigenvalue weighted by Gasteiger charge is -2.06. The monoisotopic (exact) mass is 203 g/mol. The third-order valence-electron chi connectivity index (χ3n) is 2.65. The van der Waals surface area contributed by atoms with Crippen molar-refractivity contribution in [2.24, 2.45) is 5.73 Å². The Bertz CT molecular complexity index is 287. The number of unbranched alkanes of at least 4 members (excludes halogenated alkanes) is 3. The van der Waals surface area contributed by atoms with Crippen LogP contribution in [0.1, 0.15) is 44.6 Å². The first-order chi connectivity index (χ1) is 7.38. The summed E-state index contributed by atoms with van der Waals surface area (Å²) in [5.74, 6) is 0. The number of hydrogen-bond acceptors (Lipinski definition) is 1. The maximum absolute atomic E-state index is 5.66. The van der Waals surface area contributed by atoms with Crippen LogP contribution in [0.15, 0.2) is 36.5 Å². The minimum atomic E-state index is 1.10. The first-order valence-corrected chi connectivity index (χ1v) is 5.84. The van der Waals surface area contributed by atoms with E-state index in [9.17, 15) is 0 Å². The molecule has 0 spiro atoms. The molecule has 0 fully saturated rings. The van der Waals surface area contributed by atoms with Gasteiger partial charge >= 0.3 is 0 Å². The van der Waals surface area contributed by atoms with Crippen LogP contribution in [0.3, 0.4) is 0 Å². The van der Waals surface area contributed by atoms with Crippen molar-refractivity contribution in [3.63, 3.8) is 0 Å². The number of hydrogen-bond donors (Lipinski definition) is 1. The normalized spacial score (nSPS) is 11.7. The van der Waals surface area contributed by atoms with Gasteiger partial charge in [0.1, 0.15) is 0 Å². The first kappa shape index (κ1) is 11.8. The molecule has 0 aliphatic rings. The zero-order valence-electron chi connectivity index (χ0n) is 9.58. The van der Waals surface area contributed by atoms with Gasteiger partial charge in [-0.3, -0.25) is 0 Å². The second-order valence-corrected chi connectivity index (χ2v) is 3.87. The molecule has 2 N–H and O–H groups in total. The highest BCUT2D eigenvalue weighted by molar-refractivity contribution is 5.64. The Morgan fingerprint density at radius 1 is 1.13 bits per heavy atom. The second kappa shape index (κ2) is 7.10. The fraction of sp³-hybridized carbons (Fsp3) is 0.429. The summed E-state index contributed by atoms with van der Waals surface area (Å²) in [5.41, 5.74) is 8.19. The fourth-order valence-electron chi connectivity index (χ4n) is 1.72. The van der Waals surface area contributed by atoms with E-state index in [0.717, 1.165) is 6.42 Å². The quantitative estimate of drug-likeness (QED) is 0.696. The average Bonchev–Trinajstić information content (AvgIpc) is 2.30. The molecular weight excluding hydrogens is 182 g/mol. The minimum absolute atomic E-state index is 1.10. The van der Waals surface area contributed by atoms with Gasteiger partial charge in [-0.2, -0.15) is 0 Å². The summed E-state index contributed by atoms with van der Waals surface area (Å²) in [7, 11) is 0. The first-order valence-electron chi connectivity index (χ1n) is 5.84. The summed E-state index contributed by atoms with van der Waals surface area (Å²) < 4.78 is 0. The van der Waals surface area contributed by atoms with E-state index >= 15 is 0 Å². The summed E-state index contributed by atoms with van der Waals surface area (Å²) in [5, 5.41) is 0. The molecule has 1 heteroatoms. The van der Waals surface area contributed by atoms with Gasteiger partial charge in [0.25, 0.3) is 0 Å². The lowest BCUT2D eigenvalue weighted by atomic mass is 10.0. The van der Waals surface area contributed by atoms with Crippen molar-refractivity contribution < 1.29 is 0 Å². The van der Waals surface area contributed by atoms with Gasteiger partial charge in [0, 0.05) is 0 Å². The molecule has 0 saturated heterocycles. The van der Waals surface area contributed by atoms with Gasteiger partial charge < -0.3 is 5.73 Å². The van der Waals surface area contributed by atoms with Crippen molar-refractivity contribution in [1.29, 1.82) is 0 Å². The van der Waals surface area contributed by atoms with E-state index < -0.39 is 0 Å². The topological polar surface area (TPSA) is 26.0 Å². The zero-order valence-corrected chi connectivity index (χ0v) is 9.58. The van der Waals surface area contributed by atoms with Gasteiger partial charge in [-0.15, -0.1) is 0 Å². The molecule has 0 unspecified atom stereocenters. The molecule has 0 heterocycles. The third-order valence-corrected chi connectivity index (χ3v) is 2.65. The standard InChI is InChI=1S/C14H21N/c1-2-3-4-6-11-14(12-15)13-9-7-5-8-10-13/h5,7-10,12H,2-4,6,11,15H2,1H3. The average molecular weight is 203 g/mol. The molecule has 1 aromatic carbocycles. The van der Waals surface area contributed by atoms with Gasteiger partial charge in [0.2, 0.25) is 0 Å². The Hall–Kier alpha value is -1.24. The maximum atomic E-state index is 5.66. The predicted molar refractivity (Wildman–Crippen MR) is 67.4 cm³/mol. The van der Waals surface area contributed by atoms with E-state index in [2.05, 4.69) is 31.2 Å². The largest absolute Gasteiger partial charge is 0.404 e. The Morgan fingerprint density at radius 3 is 2.47 bits per heavy atom. The molecule has 1 aromatic rings. The van der Waals surface area contributed by atoms with Crippen molar-refractivity contribution in [1.82, 2.24) is 0 Å². The number of benzene rings is 1. The summed E-state index contributed by atoms with van der Waals surface area (Å²) >= 11 is 0.